The molecule has 2 heteroatoms. The van der Waals surface area contributed by atoms with Gasteiger partial charge in [0.2, 0.25) is 0 Å². The molecule has 0 bridgehead atoms. The van der Waals surface area contributed by atoms with E-state index in [0.29, 0.717) is 6.04 Å². The molecule has 0 N–H and O–H groups in total. The molecule has 0 aromatic carbocycles. The summed E-state index contributed by atoms with van der Waals surface area (Å²) in [6.07, 6.45) is 3.08. The summed E-state index contributed by atoms with van der Waals surface area (Å²) in [5, 5.41) is 0. The first-order valence-corrected chi connectivity index (χ1v) is 4.61. The van der Waals surface area contributed by atoms with Crippen molar-refractivity contribution >= 4 is 0 Å². The smallest absolute Gasteiger partial charge is 0.0181 e. The van der Waals surface area contributed by atoms with Crippen LogP contribution in [0.5, 0.6) is 0 Å². The van der Waals surface area contributed by atoms with E-state index in [1.807, 2.05) is 6.20 Å². The topological polar surface area (TPSA) is 6.48 Å². The molecule has 0 saturated carbocycles. The first kappa shape index (κ1) is 11.5. The van der Waals surface area contributed by atoms with Crippen molar-refractivity contribution in [3.63, 3.8) is 0 Å². The number of rotatable bonds is 6. The molecule has 0 aliphatic heterocycles. The molecule has 0 heterocycles. The van der Waals surface area contributed by atoms with Crippen LogP contribution in [0, 0.1) is 0 Å². The second-order valence-electron chi connectivity index (χ2n) is 3.59. The van der Waals surface area contributed by atoms with Crippen LogP contribution >= 0.6 is 0 Å². The first-order chi connectivity index (χ1) is 5.57. The van der Waals surface area contributed by atoms with Crippen molar-refractivity contribution in [2.45, 2.75) is 26.3 Å². The molecule has 0 aliphatic carbocycles. The Bertz CT molecular complexity index is 121. The minimum atomic E-state index is 0.652. The van der Waals surface area contributed by atoms with E-state index in [2.05, 4.69) is 44.3 Å². The summed E-state index contributed by atoms with van der Waals surface area (Å²) < 4.78 is 0. The van der Waals surface area contributed by atoms with Crippen molar-refractivity contribution in [2.24, 2.45) is 0 Å². The zero-order valence-corrected chi connectivity index (χ0v) is 8.88. The monoisotopic (exact) mass is 170 g/mol. The van der Waals surface area contributed by atoms with Gasteiger partial charge in [0.15, 0.2) is 0 Å². The highest BCUT2D eigenvalue weighted by Crippen LogP contribution is 1.96. The molecule has 0 aromatic rings. The van der Waals surface area contributed by atoms with Crippen molar-refractivity contribution in [1.29, 1.82) is 0 Å². The van der Waals surface area contributed by atoms with Gasteiger partial charge in [0.05, 0.1) is 0 Å². The molecule has 0 amide bonds. The molecule has 12 heavy (non-hydrogen) atoms. The highest BCUT2D eigenvalue weighted by molar-refractivity contribution is 4.67. The molecule has 0 radical (unpaired) electrons. The van der Waals surface area contributed by atoms with E-state index in [-0.39, 0.29) is 0 Å². The molecule has 0 spiro atoms. The van der Waals surface area contributed by atoms with Crippen LogP contribution in [0.4, 0.5) is 0 Å². The lowest BCUT2D eigenvalue weighted by Gasteiger charge is -2.22. The van der Waals surface area contributed by atoms with Gasteiger partial charge in [-0.15, -0.1) is 0 Å². The van der Waals surface area contributed by atoms with Crippen molar-refractivity contribution in [2.75, 3.05) is 27.2 Å². The zero-order valence-electron chi connectivity index (χ0n) is 8.88. The largest absolute Gasteiger partial charge is 0.381 e. The van der Waals surface area contributed by atoms with Gasteiger partial charge in [0, 0.05) is 19.6 Å². The fraction of sp³-hybridized carbons (Fsp3) is 0.800. The molecule has 0 aromatic heterocycles. The number of nitrogens with zero attached hydrogens (tertiary/aromatic N) is 2. The maximum atomic E-state index is 3.71. The fourth-order valence-corrected chi connectivity index (χ4v) is 0.919. The third-order valence-corrected chi connectivity index (χ3v) is 2.21. The standard InChI is InChI=1S/C10H22N2/c1-6-11(4)8-7-9-12(5)10(2)3/h6,10H,1,7-9H2,2-5H3. The van der Waals surface area contributed by atoms with Crippen molar-refractivity contribution in [3.8, 4) is 0 Å². The predicted octanol–water partition coefficient (Wildman–Crippen LogP) is 1.79. The summed E-state index contributed by atoms with van der Waals surface area (Å²) in [6.45, 7) is 10.4. The Morgan fingerprint density at radius 3 is 2.25 bits per heavy atom. The summed E-state index contributed by atoms with van der Waals surface area (Å²) in [5.74, 6) is 0. The Labute approximate surface area is 76.9 Å². The van der Waals surface area contributed by atoms with Gasteiger partial charge in [-0.3, -0.25) is 0 Å². The average Bonchev–Trinajstić information content (AvgIpc) is 2.03. The maximum absolute atomic E-state index is 3.71. The Hall–Kier alpha value is -0.500. The fourth-order valence-electron chi connectivity index (χ4n) is 0.919. The number of hydrogen-bond acceptors (Lipinski definition) is 2. The lowest BCUT2D eigenvalue weighted by molar-refractivity contribution is 0.259. The summed E-state index contributed by atoms with van der Waals surface area (Å²) >= 11 is 0. The molecule has 0 unspecified atom stereocenters. The van der Waals surface area contributed by atoms with Crippen molar-refractivity contribution in [3.05, 3.63) is 12.8 Å². The van der Waals surface area contributed by atoms with Gasteiger partial charge in [-0.05, 0) is 40.1 Å². The van der Waals surface area contributed by atoms with Crippen LogP contribution in [0.15, 0.2) is 12.8 Å². The molecule has 72 valence electrons. The number of hydrogen-bond donors (Lipinski definition) is 0. The summed E-state index contributed by atoms with van der Waals surface area (Å²) in [6, 6.07) is 0.652. The Balaban J connectivity index is 3.36. The van der Waals surface area contributed by atoms with E-state index in [1.54, 1.807) is 0 Å². The highest BCUT2D eigenvalue weighted by atomic mass is 15.1. The lowest BCUT2D eigenvalue weighted by Crippen LogP contribution is -2.29. The van der Waals surface area contributed by atoms with E-state index in [4.69, 9.17) is 0 Å². The van der Waals surface area contributed by atoms with E-state index >= 15 is 0 Å². The summed E-state index contributed by atoms with van der Waals surface area (Å²) in [5.41, 5.74) is 0. The van der Waals surface area contributed by atoms with Crippen LogP contribution in [-0.4, -0.2) is 43.0 Å². The molecular formula is C10H22N2. The van der Waals surface area contributed by atoms with E-state index < -0.39 is 0 Å². The Morgan fingerprint density at radius 2 is 1.83 bits per heavy atom. The van der Waals surface area contributed by atoms with Crippen LogP contribution in [0.2, 0.25) is 0 Å². The quantitative estimate of drug-likeness (QED) is 0.599. The van der Waals surface area contributed by atoms with E-state index in [9.17, 15) is 0 Å². The maximum Gasteiger partial charge on any atom is 0.0181 e. The van der Waals surface area contributed by atoms with Gasteiger partial charge in [-0.25, -0.2) is 0 Å². The first-order valence-electron chi connectivity index (χ1n) is 4.61. The van der Waals surface area contributed by atoms with Crippen LogP contribution in [0.3, 0.4) is 0 Å². The Morgan fingerprint density at radius 1 is 1.25 bits per heavy atom. The second kappa shape index (κ2) is 6.06. The van der Waals surface area contributed by atoms with E-state index in [1.165, 1.54) is 6.42 Å². The van der Waals surface area contributed by atoms with Crippen molar-refractivity contribution in [1.82, 2.24) is 9.80 Å². The molecular weight excluding hydrogens is 148 g/mol. The summed E-state index contributed by atoms with van der Waals surface area (Å²) in [7, 11) is 4.22. The lowest BCUT2D eigenvalue weighted by atomic mass is 10.3. The zero-order chi connectivity index (χ0) is 9.56. The molecule has 0 atom stereocenters. The summed E-state index contributed by atoms with van der Waals surface area (Å²) in [4.78, 5) is 4.48. The van der Waals surface area contributed by atoms with Crippen LogP contribution < -0.4 is 0 Å². The van der Waals surface area contributed by atoms with Gasteiger partial charge in [-0.2, -0.15) is 0 Å². The van der Waals surface area contributed by atoms with Crippen molar-refractivity contribution < 1.29 is 0 Å². The predicted molar refractivity (Wildman–Crippen MR) is 55.2 cm³/mol. The van der Waals surface area contributed by atoms with Gasteiger partial charge in [0.1, 0.15) is 0 Å². The van der Waals surface area contributed by atoms with Gasteiger partial charge < -0.3 is 9.80 Å². The molecule has 0 fully saturated rings. The van der Waals surface area contributed by atoms with E-state index in [0.717, 1.165) is 13.1 Å². The third kappa shape index (κ3) is 5.19. The van der Waals surface area contributed by atoms with Crippen LogP contribution in [0.25, 0.3) is 0 Å². The average molecular weight is 170 g/mol. The third-order valence-electron chi connectivity index (χ3n) is 2.21. The molecule has 0 rings (SSSR count). The van der Waals surface area contributed by atoms with Gasteiger partial charge in [-0.1, -0.05) is 6.58 Å². The molecule has 2 nitrogen and oxygen atoms in total. The minimum absolute atomic E-state index is 0.652. The minimum Gasteiger partial charge on any atom is -0.381 e. The van der Waals surface area contributed by atoms with Crippen LogP contribution in [0.1, 0.15) is 20.3 Å². The second-order valence-corrected chi connectivity index (χ2v) is 3.59. The molecule has 0 saturated heterocycles. The SMILES string of the molecule is C=CN(C)CCCN(C)C(C)C. The van der Waals surface area contributed by atoms with Gasteiger partial charge in [0.25, 0.3) is 0 Å². The highest BCUT2D eigenvalue weighted by Gasteiger charge is 2.01. The van der Waals surface area contributed by atoms with Crippen LogP contribution in [-0.2, 0) is 0 Å². The molecule has 0 aliphatic rings. The normalized spacial score (nSPS) is 10.8. The Kier molecular flexibility index (Phi) is 5.81. The van der Waals surface area contributed by atoms with Gasteiger partial charge >= 0.3 is 0 Å².